The molecule has 3 aliphatic rings. The molecule has 1 saturated carbocycles. The van der Waals surface area contributed by atoms with Crippen LogP contribution in [0.1, 0.15) is 29.6 Å². The van der Waals surface area contributed by atoms with Gasteiger partial charge in [-0.2, -0.15) is 0 Å². The van der Waals surface area contributed by atoms with Gasteiger partial charge in [0.05, 0.1) is 26.1 Å². The Morgan fingerprint density at radius 1 is 1.27 bits per heavy atom. The number of carbonyl (C=O) groups excluding carboxylic acids is 2. The van der Waals surface area contributed by atoms with Gasteiger partial charge in [0.2, 0.25) is 5.91 Å². The second-order valence-corrected chi connectivity index (χ2v) is 6.52. The minimum atomic E-state index is -0.540. The molecule has 0 radical (unpaired) electrons. The van der Waals surface area contributed by atoms with Crippen LogP contribution in [-0.4, -0.2) is 47.0 Å². The number of hydrogen-bond donors (Lipinski definition) is 0. The summed E-state index contributed by atoms with van der Waals surface area (Å²) in [6.07, 6.45) is 2.66. The van der Waals surface area contributed by atoms with Crippen LogP contribution in [0.25, 0.3) is 0 Å². The third-order valence-electron chi connectivity index (χ3n) is 4.51. The summed E-state index contributed by atoms with van der Waals surface area (Å²) in [6, 6.07) is 5.50. The Kier molecular flexibility index (Phi) is 2.97. The molecule has 4 rings (SSSR count). The predicted molar refractivity (Wildman–Crippen MR) is 75.2 cm³/mol. The zero-order valence-electron chi connectivity index (χ0n) is 12.1. The molecule has 2 heterocycles. The third-order valence-corrected chi connectivity index (χ3v) is 4.51. The van der Waals surface area contributed by atoms with E-state index < -0.39 is 5.60 Å². The smallest absolute Gasteiger partial charge is 0.254 e. The minimum absolute atomic E-state index is 0.0146. The van der Waals surface area contributed by atoms with Crippen molar-refractivity contribution >= 4 is 11.8 Å². The Labute approximate surface area is 127 Å². The van der Waals surface area contributed by atoms with E-state index in [9.17, 15) is 14.0 Å². The summed E-state index contributed by atoms with van der Waals surface area (Å²) in [6.45, 7) is 1.50. The Morgan fingerprint density at radius 3 is 2.59 bits per heavy atom. The second kappa shape index (κ2) is 4.78. The summed E-state index contributed by atoms with van der Waals surface area (Å²) in [5, 5.41) is 1.48. The molecule has 0 N–H and O–H groups in total. The number of likely N-dealkylation sites (tertiary alicyclic amines) is 1. The van der Waals surface area contributed by atoms with Gasteiger partial charge in [-0.3, -0.25) is 14.4 Å². The molecule has 2 amide bonds. The molecule has 116 valence electrons. The number of carbonyl (C=O) groups is 2. The van der Waals surface area contributed by atoms with E-state index in [1.165, 1.54) is 29.3 Å². The number of benzene rings is 1. The highest BCUT2D eigenvalue weighted by Gasteiger charge is 2.55. The van der Waals surface area contributed by atoms with Gasteiger partial charge in [-0.25, -0.2) is 9.45 Å². The molecule has 5 nitrogen and oxygen atoms in total. The van der Waals surface area contributed by atoms with E-state index in [2.05, 4.69) is 0 Å². The maximum atomic E-state index is 12.9. The molecule has 0 unspecified atom stereocenters. The standard InChI is InChI=1S/C16H17FN2O3/c17-13-5-3-12(4-6-13)15(21)18-9-16(10-18)7-14(20)19(22-16)8-11-1-2-11/h3-6,11H,1-2,7-10H2. The van der Waals surface area contributed by atoms with Crippen LogP contribution in [0, 0.1) is 11.7 Å². The van der Waals surface area contributed by atoms with E-state index in [0.29, 0.717) is 37.5 Å². The highest BCUT2D eigenvalue weighted by atomic mass is 19.1. The predicted octanol–water partition coefficient (Wildman–Crippen LogP) is 1.59. The first-order chi connectivity index (χ1) is 10.5. The van der Waals surface area contributed by atoms with Gasteiger partial charge in [-0.15, -0.1) is 0 Å². The quantitative estimate of drug-likeness (QED) is 0.852. The summed E-state index contributed by atoms with van der Waals surface area (Å²) in [5.74, 6) is 0.0799. The summed E-state index contributed by atoms with van der Waals surface area (Å²) in [5.41, 5.74) is -0.0859. The lowest BCUT2D eigenvalue weighted by atomic mass is 9.90. The SMILES string of the molecule is O=C(c1ccc(F)cc1)N1CC2(CC(=O)N(CC3CC3)O2)C1. The van der Waals surface area contributed by atoms with Crippen LogP contribution in [0.5, 0.6) is 0 Å². The van der Waals surface area contributed by atoms with Crippen molar-refractivity contribution in [1.82, 2.24) is 9.96 Å². The van der Waals surface area contributed by atoms with E-state index in [1.807, 2.05) is 0 Å². The van der Waals surface area contributed by atoms with E-state index >= 15 is 0 Å². The van der Waals surface area contributed by atoms with Crippen molar-refractivity contribution in [3.05, 3.63) is 35.6 Å². The molecule has 6 heteroatoms. The molecule has 1 aromatic carbocycles. The lowest BCUT2D eigenvalue weighted by Crippen LogP contribution is -2.63. The first-order valence-electron chi connectivity index (χ1n) is 7.59. The van der Waals surface area contributed by atoms with Gasteiger partial charge < -0.3 is 4.90 Å². The van der Waals surface area contributed by atoms with E-state index in [1.54, 1.807) is 4.90 Å². The van der Waals surface area contributed by atoms with Crippen LogP contribution in [0.2, 0.25) is 0 Å². The number of amides is 2. The molecular formula is C16H17FN2O3. The van der Waals surface area contributed by atoms with Crippen molar-refractivity contribution in [2.24, 2.45) is 5.92 Å². The normalized spacial score (nSPS) is 23.0. The molecule has 0 aromatic heterocycles. The van der Waals surface area contributed by atoms with Gasteiger partial charge in [-0.1, -0.05) is 0 Å². The van der Waals surface area contributed by atoms with Crippen LogP contribution in [-0.2, 0) is 9.63 Å². The summed E-state index contributed by atoms with van der Waals surface area (Å²) in [7, 11) is 0. The topological polar surface area (TPSA) is 49.9 Å². The molecule has 2 aliphatic heterocycles. The number of halogens is 1. The lowest BCUT2D eigenvalue weighted by molar-refractivity contribution is -0.230. The zero-order chi connectivity index (χ0) is 15.3. The maximum Gasteiger partial charge on any atom is 0.254 e. The fourth-order valence-electron chi connectivity index (χ4n) is 3.09. The van der Waals surface area contributed by atoms with Crippen molar-refractivity contribution in [2.45, 2.75) is 24.9 Å². The molecule has 1 aromatic rings. The van der Waals surface area contributed by atoms with Gasteiger partial charge in [0.25, 0.3) is 5.91 Å². The molecule has 3 fully saturated rings. The summed E-state index contributed by atoms with van der Waals surface area (Å²) >= 11 is 0. The van der Waals surface area contributed by atoms with Crippen LogP contribution >= 0.6 is 0 Å². The Bertz CT molecular complexity index is 621. The first kappa shape index (κ1) is 13.7. The number of nitrogens with zero attached hydrogens (tertiary/aromatic N) is 2. The fraction of sp³-hybridized carbons (Fsp3) is 0.500. The van der Waals surface area contributed by atoms with E-state index in [4.69, 9.17) is 4.84 Å². The molecule has 1 aliphatic carbocycles. The Morgan fingerprint density at radius 2 is 1.95 bits per heavy atom. The third kappa shape index (κ3) is 2.37. The van der Waals surface area contributed by atoms with Gasteiger partial charge in [-0.05, 0) is 43.0 Å². The number of rotatable bonds is 3. The number of hydrogen-bond acceptors (Lipinski definition) is 3. The van der Waals surface area contributed by atoms with Crippen LogP contribution < -0.4 is 0 Å². The van der Waals surface area contributed by atoms with Crippen molar-refractivity contribution in [1.29, 1.82) is 0 Å². The van der Waals surface area contributed by atoms with Crippen molar-refractivity contribution in [3.63, 3.8) is 0 Å². The minimum Gasteiger partial charge on any atom is -0.332 e. The van der Waals surface area contributed by atoms with Crippen LogP contribution in [0.4, 0.5) is 4.39 Å². The zero-order valence-corrected chi connectivity index (χ0v) is 12.1. The summed E-state index contributed by atoms with van der Waals surface area (Å²) < 4.78 is 12.9. The van der Waals surface area contributed by atoms with Gasteiger partial charge in [0.15, 0.2) is 0 Å². The number of hydroxylamine groups is 2. The summed E-state index contributed by atoms with van der Waals surface area (Å²) in [4.78, 5) is 31.7. The Balaban J connectivity index is 1.38. The molecule has 0 bridgehead atoms. The van der Waals surface area contributed by atoms with Crippen molar-refractivity contribution in [3.8, 4) is 0 Å². The van der Waals surface area contributed by atoms with E-state index in [-0.39, 0.29) is 17.6 Å². The van der Waals surface area contributed by atoms with Gasteiger partial charge in [0.1, 0.15) is 11.4 Å². The molecule has 0 atom stereocenters. The molecule has 1 spiro atoms. The average molecular weight is 304 g/mol. The highest BCUT2D eigenvalue weighted by Crippen LogP contribution is 2.39. The van der Waals surface area contributed by atoms with E-state index in [0.717, 1.165) is 12.8 Å². The van der Waals surface area contributed by atoms with Gasteiger partial charge in [0, 0.05) is 5.56 Å². The monoisotopic (exact) mass is 304 g/mol. The maximum absolute atomic E-state index is 12.9. The van der Waals surface area contributed by atoms with Crippen LogP contribution in [0.3, 0.4) is 0 Å². The van der Waals surface area contributed by atoms with Crippen LogP contribution in [0.15, 0.2) is 24.3 Å². The Hall–Kier alpha value is -1.95. The lowest BCUT2D eigenvalue weighted by Gasteiger charge is -2.45. The largest absolute Gasteiger partial charge is 0.332 e. The fourth-order valence-corrected chi connectivity index (χ4v) is 3.09. The highest BCUT2D eigenvalue weighted by molar-refractivity contribution is 5.95. The molecule has 22 heavy (non-hydrogen) atoms. The second-order valence-electron chi connectivity index (χ2n) is 6.52. The van der Waals surface area contributed by atoms with Gasteiger partial charge >= 0.3 is 0 Å². The van der Waals surface area contributed by atoms with Crippen molar-refractivity contribution in [2.75, 3.05) is 19.6 Å². The first-order valence-corrected chi connectivity index (χ1v) is 7.59. The molecule has 2 saturated heterocycles. The van der Waals surface area contributed by atoms with Crippen molar-refractivity contribution < 1.29 is 18.8 Å². The molecular weight excluding hydrogens is 287 g/mol. The average Bonchev–Trinajstić information content (AvgIpc) is 3.21.